The van der Waals surface area contributed by atoms with Crippen LogP contribution in [0.3, 0.4) is 0 Å². The van der Waals surface area contributed by atoms with Crippen LogP contribution in [0.2, 0.25) is 5.02 Å². The van der Waals surface area contributed by atoms with E-state index in [0.717, 1.165) is 11.1 Å². The van der Waals surface area contributed by atoms with Crippen molar-refractivity contribution in [3.63, 3.8) is 0 Å². The molecule has 136 valence electrons. The summed E-state index contributed by atoms with van der Waals surface area (Å²) in [6.45, 7) is 0.0379. The molecule has 0 fully saturated rings. The van der Waals surface area contributed by atoms with E-state index < -0.39 is 6.09 Å². The number of benzene rings is 3. The normalized spacial score (nSPS) is 12.4. The first kappa shape index (κ1) is 17.6. The molecule has 0 spiro atoms. The van der Waals surface area contributed by atoms with E-state index in [1.807, 2.05) is 24.3 Å². The summed E-state index contributed by atoms with van der Waals surface area (Å²) in [5.74, 6) is 0.00222. The zero-order valence-electron chi connectivity index (χ0n) is 14.5. The molecular formula is C22H18ClNO3. The van der Waals surface area contributed by atoms with Crippen molar-refractivity contribution in [1.29, 1.82) is 0 Å². The second-order valence-corrected chi connectivity index (χ2v) is 6.77. The molecule has 0 unspecified atom stereocenters. The summed E-state index contributed by atoms with van der Waals surface area (Å²) in [6.07, 6.45) is -0.575. The van der Waals surface area contributed by atoms with Gasteiger partial charge in [0.1, 0.15) is 6.61 Å². The molecule has 1 aliphatic rings. The van der Waals surface area contributed by atoms with Crippen molar-refractivity contribution >= 4 is 23.4 Å². The van der Waals surface area contributed by atoms with E-state index in [1.54, 1.807) is 18.2 Å². The van der Waals surface area contributed by atoms with E-state index in [-0.39, 0.29) is 19.1 Å². The van der Waals surface area contributed by atoms with Gasteiger partial charge >= 0.3 is 6.09 Å². The van der Waals surface area contributed by atoms with Gasteiger partial charge in [0.25, 0.3) is 0 Å². The molecule has 1 aliphatic carbocycles. The Hall–Kier alpha value is -2.82. The van der Waals surface area contributed by atoms with Crippen LogP contribution in [0.5, 0.6) is 0 Å². The van der Waals surface area contributed by atoms with Crippen molar-refractivity contribution in [2.45, 2.75) is 12.5 Å². The minimum absolute atomic E-state index is 0.00222. The highest BCUT2D eigenvalue weighted by Crippen LogP contribution is 2.44. The molecule has 5 heteroatoms. The lowest BCUT2D eigenvalue weighted by Crippen LogP contribution is -2.18. The van der Waals surface area contributed by atoms with Crippen LogP contribution in [-0.2, 0) is 11.3 Å². The first-order chi connectivity index (χ1) is 13.2. The van der Waals surface area contributed by atoms with Crippen LogP contribution in [0.1, 0.15) is 22.6 Å². The molecule has 2 N–H and O–H groups in total. The molecule has 4 nitrogen and oxygen atoms in total. The van der Waals surface area contributed by atoms with Gasteiger partial charge in [0.15, 0.2) is 0 Å². The first-order valence-corrected chi connectivity index (χ1v) is 9.07. The molecule has 27 heavy (non-hydrogen) atoms. The number of amides is 1. The minimum atomic E-state index is -0.575. The number of ether oxygens (including phenoxy) is 1. The molecular weight excluding hydrogens is 362 g/mol. The van der Waals surface area contributed by atoms with Crippen LogP contribution in [0, 0.1) is 0 Å². The zero-order chi connectivity index (χ0) is 18.8. The summed E-state index contributed by atoms with van der Waals surface area (Å²) >= 11 is 6.18. The Balaban J connectivity index is 1.50. The maximum absolute atomic E-state index is 12.3. The average molecular weight is 380 g/mol. The van der Waals surface area contributed by atoms with Crippen LogP contribution in [0.25, 0.3) is 11.1 Å². The molecule has 0 aromatic heterocycles. The van der Waals surface area contributed by atoms with Gasteiger partial charge in [-0.1, -0.05) is 72.3 Å². The molecule has 4 rings (SSSR count). The predicted molar refractivity (Wildman–Crippen MR) is 106 cm³/mol. The van der Waals surface area contributed by atoms with Crippen molar-refractivity contribution in [2.75, 3.05) is 11.9 Å². The van der Waals surface area contributed by atoms with Crippen LogP contribution >= 0.6 is 11.6 Å². The van der Waals surface area contributed by atoms with Crippen molar-refractivity contribution in [2.24, 2.45) is 0 Å². The quantitative estimate of drug-likeness (QED) is 0.655. The highest BCUT2D eigenvalue weighted by Gasteiger charge is 2.29. The van der Waals surface area contributed by atoms with Gasteiger partial charge in [-0.2, -0.15) is 0 Å². The summed E-state index contributed by atoms with van der Waals surface area (Å²) in [4.78, 5) is 12.3. The van der Waals surface area contributed by atoms with Crippen LogP contribution < -0.4 is 5.32 Å². The maximum atomic E-state index is 12.3. The molecule has 0 bridgehead atoms. The largest absolute Gasteiger partial charge is 0.448 e. The lowest BCUT2D eigenvalue weighted by molar-refractivity contribution is 0.158. The second kappa shape index (κ2) is 7.43. The Morgan fingerprint density at radius 3 is 2.22 bits per heavy atom. The summed E-state index contributed by atoms with van der Waals surface area (Å²) in [5, 5.41) is 12.2. The molecule has 0 saturated carbocycles. The maximum Gasteiger partial charge on any atom is 0.411 e. The van der Waals surface area contributed by atoms with E-state index in [2.05, 4.69) is 29.6 Å². The number of nitrogens with one attached hydrogen (secondary N) is 1. The van der Waals surface area contributed by atoms with E-state index in [1.165, 1.54) is 11.1 Å². The topological polar surface area (TPSA) is 58.6 Å². The number of rotatable bonds is 4. The number of aliphatic hydroxyl groups is 1. The monoisotopic (exact) mass is 379 g/mol. The number of anilines is 1. The van der Waals surface area contributed by atoms with Gasteiger partial charge in [0, 0.05) is 5.92 Å². The van der Waals surface area contributed by atoms with E-state index >= 15 is 0 Å². The number of halogens is 1. The smallest absolute Gasteiger partial charge is 0.411 e. The molecule has 0 aliphatic heterocycles. The van der Waals surface area contributed by atoms with E-state index in [4.69, 9.17) is 16.3 Å². The predicted octanol–water partition coefficient (Wildman–Crippen LogP) is 5.19. The lowest BCUT2D eigenvalue weighted by atomic mass is 9.98. The number of hydrogen-bond donors (Lipinski definition) is 2. The van der Waals surface area contributed by atoms with E-state index in [0.29, 0.717) is 16.3 Å². The number of aliphatic hydroxyl groups excluding tert-OH is 1. The Kier molecular flexibility index (Phi) is 4.84. The Morgan fingerprint density at radius 1 is 0.963 bits per heavy atom. The average Bonchev–Trinajstić information content (AvgIpc) is 3.02. The third-order valence-electron chi connectivity index (χ3n) is 4.83. The van der Waals surface area contributed by atoms with Crippen LogP contribution in [-0.4, -0.2) is 17.8 Å². The molecule has 0 radical (unpaired) electrons. The second-order valence-electron chi connectivity index (χ2n) is 6.39. The highest BCUT2D eigenvalue weighted by atomic mass is 35.5. The fourth-order valence-electron chi connectivity index (χ4n) is 3.54. The first-order valence-electron chi connectivity index (χ1n) is 8.69. The Labute approximate surface area is 162 Å². The van der Waals surface area contributed by atoms with Gasteiger partial charge in [-0.3, -0.25) is 5.32 Å². The van der Waals surface area contributed by atoms with E-state index in [9.17, 15) is 9.90 Å². The Morgan fingerprint density at radius 2 is 1.59 bits per heavy atom. The third-order valence-corrected chi connectivity index (χ3v) is 5.28. The van der Waals surface area contributed by atoms with Gasteiger partial charge in [-0.25, -0.2) is 4.79 Å². The lowest BCUT2D eigenvalue weighted by Gasteiger charge is -2.15. The standard InChI is InChI=1S/C22H18ClNO3/c23-21-14(12-25)6-5-11-20(21)24-22(26)27-13-19-17-9-3-1-7-15(17)16-8-2-4-10-18(16)19/h1-11,19,25H,12-13H2,(H,24,26). The minimum Gasteiger partial charge on any atom is -0.448 e. The SMILES string of the molecule is O=C(Nc1cccc(CO)c1Cl)OCC1c2ccccc2-c2ccccc21. The molecule has 1 amide bonds. The summed E-state index contributed by atoms with van der Waals surface area (Å²) in [7, 11) is 0. The molecule has 3 aromatic carbocycles. The van der Waals surface area contributed by atoms with Gasteiger partial charge in [0.2, 0.25) is 0 Å². The summed E-state index contributed by atoms with van der Waals surface area (Å²) in [5.41, 5.74) is 5.65. The zero-order valence-corrected chi connectivity index (χ0v) is 15.2. The van der Waals surface area contributed by atoms with Crippen molar-refractivity contribution < 1.29 is 14.6 Å². The number of fused-ring (bicyclic) bond motifs is 3. The summed E-state index contributed by atoms with van der Waals surface area (Å²) in [6, 6.07) is 21.4. The third kappa shape index (κ3) is 3.29. The van der Waals surface area contributed by atoms with Crippen molar-refractivity contribution in [3.05, 3.63) is 88.4 Å². The molecule has 0 heterocycles. The van der Waals surface area contributed by atoms with Gasteiger partial charge in [0.05, 0.1) is 17.3 Å². The van der Waals surface area contributed by atoms with Crippen molar-refractivity contribution in [1.82, 2.24) is 0 Å². The fourth-order valence-corrected chi connectivity index (χ4v) is 3.78. The summed E-state index contributed by atoms with van der Waals surface area (Å²) < 4.78 is 5.50. The van der Waals surface area contributed by atoms with Gasteiger partial charge in [-0.15, -0.1) is 0 Å². The van der Waals surface area contributed by atoms with Crippen LogP contribution in [0.4, 0.5) is 10.5 Å². The molecule has 3 aromatic rings. The molecule has 0 saturated heterocycles. The fraction of sp³-hybridized carbons (Fsp3) is 0.136. The van der Waals surface area contributed by atoms with Crippen molar-refractivity contribution in [3.8, 4) is 11.1 Å². The Bertz CT molecular complexity index is 957. The van der Waals surface area contributed by atoms with Gasteiger partial charge in [-0.05, 0) is 33.9 Å². The highest BCUT2D eigenvalue weighted by molar-refractivity contribution is 6.34. The van der Waals surface area contributed by atoms with Crippen LogP contribution in [0.15, 0.2) is 66.7 Å². The number of carbonyl (C=O) groups excluding carboxylic acids is 1. The number of hydrogen-bond acceptors (Lipinski definition) is 3. The number of carbonyl (C=O) groups is 1. The van der Waals surface area contributed by atoms with Gasteiger partial charge < -0.3 is 9.84 Å². The molecule has 0 atom stereocenters.